The van der Waals surface area contributed by atoms with E-state index in [1.165, 1.54) is 0 Å². The smallest absolute Gasteiger partial charge is 0.225 e. The fraction of sp³-hybridized carbons (Fsp3) is 0.667. The summed E-state index contributed by atoms with van der Waals surface area (Å²) in [6, 6.07) is 0. The number of nitrogens with two attached hydrogens (primary N) is 1. The van der Waals surface area contributed by atoms with Gasteiger partial charge in [-0.05, 0) is 19.8 Å². The summed E-state index contributed by atoms with van der Waals surface area (Å²) >= 11 is 0. The van der Waals surface area contributed by atoms with Gasteiger partial charge in [-0.25, -0.2) is 4.98 Å². The predicted octanol–water partition coefficient (Wildman–Crippen LogP) is 1.14. The molecule has 0 spiro atoms. The highest BCUT2D eigenvalue weighted by atomic mass is 16.4. The Kier molecular flexibility index (Phi) is 4.69. The lowest BCUT2D eigenvalue weighted by Crippen LogP contribution is -2.37. The highest BCUT2D eigenvalue weighted by Gasteiger charge is 2.20. The molecule has 1 aromatic rings. The van der Waals surface area contributed by atoms with Gasteiger partial charge in [0.2, 0.25) is 11.8 Å². The third-order valence-corrected chi connectivity index (χ3v) is 2.88. The number of carbonyl (C=O) groups excluding carboxylic acids is 1. The fourth-order valence-corrected chi connectivity index (χ4v) is 1.59. The second-order valence-corrected chi connectivity index (χ2v) is 4.55. The summed E-state index contributed by atoms with van der Waals surface area (Å²) < 4.78 is 5.38. The first-order valence-corrected chi connectivity index (χ1v) is 5.86. The molecule has 5 nitrogen and oxygen atoms in total. The summed E-state index contributed by atoms with van der Waals surface area (Å²) in [4.78, 5) is 16.0. The molecule has 1 atom stereocenters. The Morgan fingerprint density at radius 2 is 2.12 bits per heavy atom. The van der Waals surface area contributed by atoms with Gasteiger partial charge in [-0.15, -0.1) is 0 Å². The summed E-state index contributed by atoms with van der Waals surface area (Å²) in [6.45, 7) is 8.36. The molecule has 96 valence electrons. The molecule has 0 radical (unpaired) electrons. The van der Waals surface area contributed by atoms with Gasteiger partial charge >= 0.3 is 0 Å². The standard InChI is InChI=1S/C12H21N3O2/c1-7(2)10(5-13)12(16)14-6-11-15-8(3)9(4)17-11/h7,10H,5-6,13H2,1-4H3,(H,14,16). The van der Waals surface area contributed by atoms with Crippen molar-refractivity contribution in [2.45, 2.75) is 34.2 Å². The van der Waals surface area contributed by atoms with Crippen molar-refractivity contribution in [3.05, 3.63) is 17.3 Å². The van der Waals surface area contributed by atoms with Crippen LogP contribution in [-0.4, -0.2) is 17.4 Å². The van der Waals surface area contributed by atoms with Gasteiger partial charge in [0.15, 0.2) is 0 Å². The summed E-state index contributed by atoms with van der Waals surface area (Å²) in [6.07, 6.45) is 0. The predicted molar refractivity (Wildman–Crippen MR) is 65.2 cm³/mol. The molecule has 0 aliphatic carbocycles. The SMILES string of the molecule is Cc1nc(CNC(=O)C(CN)C(C)C)oc1C. The first-order valence-electron chi connectivity index (χ1n) is 5.86. The number of rotatable bonds is 5. The number of amides is 1. The van der Waals surface area contributed by atoms with Crippen LogP contribution in [0.5, 0.6) is 0 Å². The number of oxazole rings is 1. The fourth-order valence-electron chi connectivity index (χ4n) is 1.59. The molecule has 1 amide bonds. The molecule has 0 aliphatic rings. The number of carbonyl (C=O) groups is 1. The second kappa shape index (κ2) is 5.82. The quantitative estimate of drug-likeness (QED) is 0.807. The van der Waals surface area contributed by atoms with Gasteiger partial charge in [-0.2, -0.15) is 0 Å². The molecule has 0 bridgehead atoms. The van der Waals surface area contributed by atoms with Crippen LogP contribution in [0.2, 0.25) is 0 Å². The Balaban J connectivity index is 2.53. The van der Waals surface area contributed by atoms with E-state index in [4.69, 9.17) is 10.2 Å². The first kappa shape index (κ1) is 13.7. The summed E-state index contributed by atoms with van der Waals surface area (Å²) in [5, 5.41) is 2.80. The van der Waals surface area contributed by atoms with Crippen LogP contribution < -0.4 is 11.1 Å². The number of hydrogen-bond acceptors (Lipinski definition) is 4. The van der Waals surface area contributed by atoms with Crippen LogP contribution in [0.3, 0.4) is 0 Å². The molecule has 1 heterocycles. The molecular formula is C12H21N3O2. The van der Waals surface area contributed by atoms with Gasteiger partial charge in [0.1, 0.15) is 5.76 Å². The van der Waals surface area contributed by atoms with Crippen molar-refractivity contribution in [3.63, 3.8) is 0 Å². The minimum absolute atomic E-state index is 0.0454. The van der Waals surface area contributed by atoms with E-state index in [1.807, 2.05) is 27.7 Å². The maximum atomic E-state index is 11.8. The molecule has 5 heteroatoms. The molecule has 0 aromatic carbocycles. The first-order chi connectivity index (χ1) is 7.95. The van der Waals surface area contributed by atoms with Gasteiger partial charge in [0.25, 0.3) is 0 Å². The van der Waals surface area contributed by atoms with E-state index in [9.17, 15) is 4.79 Å². The monoisotopic (exact) mass is 239 g/mol. The van der Waals surface area contributed by atoms with Gasteiger partial charge in [-0.3, -0.25) is 4.79 Å². The van der Waals surface area contributed by atoms with Crippen molar-refractivity contribution in [1.82, 2.24) is 10.3 Å². The van der Waals surface area contributed by atoms with Crippen molar-refractivity contribution >= 4 is 5.91 Å². The topological polar surface area (TPSA) is 81.2 Å². The third kappa shape index (κ3) is 3.56. The average Bonchev–Trinajstić information content (AvgIpc) is 2.56. The summed E-state index contributed by atoms with van der Waals surface area (Å²) in [7, 11) is 0. The van der Waals surface area contributed by atoms with E-state index >= 15 is 0 Å². The van der Waals surface area contributed by atoms with E-state index in [0.717, 1.165) is 11.5 Å². The lowest BCUT2D eigenvalue weighted by Gasteiger charge is -2.17. The van der Waals surface area contributed by atoms with Crippen LogP contribution in [0.25, 0.3) is 0 Å². The second-order valence-electron chi connectivity index (χ2n) is 4.55. The molecule has 0 saturated heterocycles. The largest absolute Gasteiger partial charge is 0.444 e. The zero-order chi connectivity index (χ0) is 13.0. The number of nitrogens with one attached hydrogen (secondary N) is 1. The molecule has 0 saturated carbocycles. The molecule has 0 aliphatic heterocycles. The van der Waals surface area contributed by atoms with Crippen LogP contribution in [0.15, 0.2) is 4.42 Å². The number of aromatic nitrogens is 1. The van der Waals surface area contributed by atoms with Gasteiger partial charge in [0, 0.05) is 6.54 Å². The molecule has 1 aromatic heterocycles. The highest BCUT2D eigenvalue weighted by molar-refractivity contribution is 5.78. The Hall–Kier alpha value is -1.36. The van der Waals surface area contributed by atoms with Crippen molar-refractivity contribution < 1.29 is 9.21 Å². The minimum atomic E-state index is -0.160. The number of aryl methyl sites for hydroxylation is 2. The Morgan fingerprint density at radius 3 is 2.53 bits per heavy atom. The normalized spacial score (nSPS) is 12.8. The Labute approximate surface area is 102 Å². The van der Waals surface area contributed by atoms with Crippen LogP contribution in [0, 0.1) is 25.7 Å². The molecule has 17 heavy (non-hydrogen) atoms. The van der Waals surface area contributed by atoms with Gasteiger partial charge in [0.05, 0.1) is 18.2 Å². The molecular weight excluding hydrogens is 218 g/mol. The lowest BCUT2D eigenvalue weighted by atomic mass is 9.95. The minimum Gasteiger partial charge on any atom is -0.444 e. The van der Waals surface area contributed by atoms with Crippen molar-refractivity contribution in [2.75, 3.05) is 6.54 Å². The highest BCUT2D eigenvalue weighted by Crippen LogP contribution is 2.11. The zero-order valence-corrected chi connectivity index (χ0v) is 10.9. The summed E-state index contributed by atoms with van der Waals surface area (Å²) in [5.74, 6) is 1.34. The average molecular weight is 239 g/mol. The zero-order valence-electron chi connectivity index (χ0n) is 10.9. The number of hydrogen-bond donors (Lipinski definition) is 2. The van der Waals surface area contributed by atoms with Crippen LogP contribution >= 0.6 is 0 Å². The third-order valence-electron chi connectivity index (χ3n) is 2.88. The molecule has 3 N–H and O–H groups in total. The van der Waals surface area contributed by atoms with E-state index in [0.29, 0.717) is 19.0 Å². The van der Waals surface area contributed by atoms with Crippen molar-refractivity contribution in [2.24, 2.45) is 17.6 Å². The number of nitrogens with zero attached hydrogens (tertiary/aromatic N) is 1. The molecule has 0 fully saturated rings. The van der Waals surface area contributed by atoms with E-state index in [-0.39, 0.29) is 17.7 Å². The van der Waals surface area contributed by atoms with Crippen LogP contribution in [0.4, 0.5) is 0 Å². The van der Waals surface area contributed by atoms with Crippen LogP contribution in [-0.2, 0) is 11.3 Å². The van der Waals surface area contributed by atoms with E-state index < -0.39 is 0 Å². The molecule has 1 unspecified atom stereocenters. The van der Waals surface area contributed by atoms with Crippen molar-refractivity contribution in [3.8, 4) is 0 Å². The van der Waals surface area contributed by atoms with Gasteiger partial charge < -0.3 is 15.5 Å². The summed E-state index contributed by atoms with van der Waals surface area (Å²) in [5.41, 5.74) is 6.43. The van der Waals surface area contributed by atoms with E-state index in [2.05, 4.69) is 10.3 Å². The molecule has 1 rings (SSSR count). The lowest BCUT2D eigenvalue weighted by molar-refractivity contribution is -0.126. The van der Waals surface area contributed by atoms with Crippen LogP contribution in [0.1, 0.15) is 31.2 Å². The van der Waals surface area contributed by atoms with E-state index in [1.54, 1.807) is 0 Å². The van der Waals surface area contributed by atoms with Gasteiger partial charge in [-0.1, -0.05) is 13.8 Å². The van der Waals surface area contributed by atoms with Crippen molar-refractivity contribution in [1.29, 1.82) is 0 Å². The Morgan fingerprint density at radius 1 is 1.47 bits per heavy atom. The Bertz CT molecular complexity index is 366. The maximum Gasteiger partial charge on any atom is 0.225 e. The maximum absolute atomic E-state index is 11.8.